The highest BCUT2D eigenvalue weighted by Crippen LogP contribution is 2.21. The van der Waals surface area contributed by atoms with Gasteiger partial charge in [0.25, 0.3) is 0 Å². The van der Waals surface area contributed by atoms with Crippen LogP contribution < -0.4 is 5.32 Å². The number of rotatable bonds is 4. The van der Waals surface area contributed by atoms with Crippen molar-refractivity contribution in [3.63, 3.8) is 0 Å². The Kier molecular flexibility index (Phi) is 3.73. The molecule has 3 rings (SSSR count). The summed E-state index contributed by atoms with van der Waals surface area (Å²) in [6.45, 7) is 5.01. The smallest absolute Gasteiger partial charge is 0.161 e. The summed E-state index contributed by atoms with van der Waals surface area (Å²) >= 11 is 0. The van der Waals surface area contributed by atoms with Gasteiger partial charge in [-0.15, -0.1) is 0 Å². The predicted octanol–water partition coefficient (Wildman–Crippen LogP) is 3.22. The number of fused-ring (bicyclic) bond motifs is 1. The molecule has 0 unspecified atom stereocenters. The van der Waals surface area contributed by atoms with E-state index in [9.17, 15) is 0 Å². The summed E-state index contributed by atoms with van der Waals surface area (Å²) in [5.74, 6) is 1.57. The quantitative estimate of drug-likeness (QED) is 0.794. The largest absolute Gasteiger partial charge is 0.370 e. The molecule has 0 spiro atoms. The van der Waals surface area contributed by atoms with E-state index in [2.05, 4.69) is 32.2 Å². The lowest BCUT2D eigenvalue weighted by molar-refractivity contribution is 0.962. The molecule has 0 radical (unpaired) electrons. The van der Waals surface area contributed by atoms with Crippen molar-refractivity contribution in [1.82, 2.24) is 19.9 Å². The minimum Gasteiger partial charge on any atom is -0.370 e. The fourth-order valence-electron chi connectivity index (χ4n) is 2.14. The first-order chi connectivity index (χ1) is 10.3. The summed E-state index contributed by atoms with van der Waals surface area (Å²) in [6, 6.07) is 7.86. The van der Waals surface area contributed by atoms with Crippen LogP contribution in [0.25, 0.3) is 22.4 Å². The molecule has 0 aliphatic carbocycles. The number of hydrogen-bond acceptors (Lipinski definition) is 5. The number of nitrogens with zero attached hydrogens (tertiary/aromatic N) is 4. The molecule has 0 saturated heterocycles. The van der Waals surface area contributed by atoms with E-state index in [0.717, 1.165) is 41.1 Å². The van der Waals surface area contributed by atoms with Crippen LogP contribution in [-0.4, -0.2) is 26.5 Å². The van der Waals surface area contributed by atoms with Gasteiger partial charge in [0.2, 0.25) is 0 Å². The van der Waals surface area contributed by atoms with Crippen molar-refractivity contribution < 1.29 is 0 Å². The highest BCUT2D eigenvalue weighted by Gasteiger charge is 2.06. The summed E-state index contributed by atoms with van der Waals surface area (Å²) in [5, 5.41) is 3.30. The van der Waals surface area contributed by atoms with E-state index in [0.29, 0.717) is 5.82 Å². The zero-order chi connectivity index (χ0) is 14.7. The Labute approximate surface area is 123 Å². The van der Waals surface area contributed by atoms with E-state index in [4.69, 9.17) is 0 Å². The molecule has 0 saturated carbocycles. The van der Waals surface area contributed by atoms with Crippen LogP contribution in [0.3, 0.4) is 0 Å². The van der Waals surface area contributed by atoms with E-state index < -0.39 is 0 Å². The molecule has 1 aromatic carbocycles. The van der Waals surface area contributed by atoms with Crippen molar-refractivity contribution in [3.8, 4) is 11.4 Å². The molecule has 0 atom stereocenters. The first-order valence-electron chi connectivity index (χ1n) is 7.07. The van der Waals surface area contributed by atoms with Gasteiger partial charge in [-0.3, -0.25) is 9.97 Å². The third-order valence-electron chi connectivity index (χ3n) is 3.14. The number of benzene rings is 1. The summed E-state index contributed by atoms with van der Waals surface area (Å²) in [4.78, 5) is 17.7. The van der Waals surface area contributed by atoms with Gasteiger partial charge < -0.3 is 5.32 Å². The maximum atomic E-state index is 4.58. The molecule has 5 nitrogen and oxygen atoms in total. The minimum absolute atomic E-state index is 0.709. The summed E-state index contributed by atoms with van der Waals surface area (Å²) in [5.41, 5.74) is 3.62. The Morgan fingerprint density at radius 3 is 2.62 bits per heavy atom. The maximum absolute atomic E-state index is 4.58. The Morgan fingerprint density at radius 1 is 1.00 bits per heavy atom. The molecule has 21 heavy (non-hydrogen) atoms. The summed E-state index contributed by atoms with van der Waals surface area (Å²) in [7, 11) is 0. The molecule has 3 aromatic rings. The van der Waals surface area contributed by atoms with Gasteiger partial charge in [0.1, 0.15) is 5.82 Å². The molecular weight excluding hydrogens is 262 g/mol. The van der Waals surface area contributed by atoms with Gasteiger partial charge >= 0.3 is 0 Å². The summed E-state index contributed by atoms with van der Waals surface area (Å²) < 4.78 is 0. The van der Waals surface area contributed by atoms with E-state index in [-0.39, 0.29) is 0 Å². The number of aryl methyl sites for hydroxylation is 1. The third-order valence-corrected chi connectivity index (χ3v) is 3.14. The van der Waals surface area contributed by atoms with Crippen LogP contribution in [0.2, 0.25) is 0 Å². The Balaban J connectivity index is 2.02. The average Bonchev–Trinajstić information content (AvgIpc) is 2.52. The van der Waals surface area contributed by atoms with Gasteiger partial charge in [-0.1, -0.05) is 6.92 Å². The van der Waals surface area contributed by atoms with E-state index in [1.54, 1.807) is 12.4 Å². The SMILES string of the molecule is CCCNc1cc(C)nc(-c2ccc3nccnc3c2)n1. The Bertz CT molecular complexity index is 769. The number of hydrogen-bond donors (Lipinski definition) is 1. The van der Waals surface area contributed by atoms with Crippen molar-refractivity contribution in [3.05, 3.63) is 42.4 Å². The molecular formula is C16H17N5. The molecule has 1 N–H and O–H groups in total. The normalized spacial score (nSPS) is 10.8. The van der Waals surface area contributed by atoms with Gasteiger partial charge in [0.15, 0.2) is 5.82 Å². The molecule has 0 bridgehead atoms. The predicted molar refractivity (Wildman–Crippen MR) is 84.1 cm³/mol. The number of anilines is 1. The van der Waals surface area contributed by atoms with Crippen molar-refractivity contribution in [1.29, 1.82) is 0 Å². The number of nitrogens with one attached hydrogen (secondary N) is 1. The van der Waals surface area contributed by atoms with Crippen LogP contribution in [0.1, 0.15) is 19.0 Å². The molecule has 0 aliphatic rings. The van der Waals surface area contributed by atoms with Gasteiger partial charge in [-0.25, -0.2) is 9.97 Å². The minimum atomic E-state index is 0.709. The highest BCUT2D eigenvalue weighted by molar-refractivity contribution is 5.79. The van der Waals surface area contributed by atoms with Crippen LogP contribution in [0.15, 0.2) is 36.7 Å². The van der Waals surface area contributed by atoms with Crippen molar-refractivity contribution >= 4 is 16.9 Å². The van der Waals surface area contributed by atoms with Crippen molar-refractivity contribution in [2.24, 2.45) is 0 Å². The lowest BCUT2D eigenvalue weighted by atomic mass is 10.1. The Hall–Kier alpha value is -2.56. The van der Waals surface area contributed by atoms with Crippen LogP contribution in [0.5, 0.6) is 0 Å². The first-order valence-corrected chi connectivity index (χ1v) is 7.07. The molecule has 2 heterocycles. The topological polar surface area (TPSA) is 63.6 Å². The fourth-order valence-corrected chi connectivity index (χ4v) is 2.14. The lowest BCUT2D eigenvalue weighted by Crippen LogP contribution is -2.04. The van der Waals surface area contributed by atoms with Crippen molar-refractivity contribution in [2.45, 2.75) is 20.3 Å². The maximum Gasteiger partial charge on any atom is 0.161 e. The second kappa shape index (κ2) is 5.83. The second-order valence-electron chi connectivity index (χ2n) is 4.90. The molecule has 106 valence electrons. The van der Waals surface area contributed by atoms with Crippen LogP contribution in [-0.2, 0) is 0 Å². The molecule has 0 amide bonds. The Morgan fingerprint density at radius 2 is 1.81 bits per heavy atom. The monoisotopic (exact) mass is 279 g/mol. The van der Waals surface area contributed by atoms with Crippen molar-refractivity contribution in [2.75, 3.05) is 11.9 Å². The van der Waals surface area contributed by atoms with Crippen LogP contribution in [0.4, 0.5) is 5.82 Å². The molecule has 0 fully saturated rings. The van der Waals surface area contributed by atoms with E-state index in [1.165, 1.54) is 0 Å². The van der Waals surface area contributed by atoms with Crippen LogP contribution >= 0.6 is 0 Å². The second-order valence-corrected chi connectivity index (χ2v) is 4.90. The first kappa shape index (κ1) is 13.4. The van der Waals surface area contributed by atoms with Gasteiger partial charge in [0.05, 0.1) is 11.0 Å². The highest BCUT2D eigenvalue weighted by atomic mass is 15.0. The molecule has 5 heteroatoms. The number of aromatic nitrogens is 4. The lowest BCUT2D eigenvalue weighted by Gasteiger charge is -2.08. The van der Waals surface area contributed by atoms with Crippen LogP contribution in [0, 0.1) is 6.92 Å². The van der Waals surface area contributed by atoms with Gasteiger partial charge in [0, 0.05) is 36.3 Å². The third kappa shape index (κ3) is 2.97. The zero-order valence-corrected chi connectivity index (χ0v) is 12.2. The molecule has 0 aliphatic heterocycles. The average molecular weight is 279 g/mol. The fraction of sp³-hybridized carbons (Fsp3) is 0.250. The van der Waals surface area contributed by atoms with Gasteiger partial charge in [-0.05, 0) is 31.5 Å². The van der Waals surface area contributed by atoms with E-state index in [1.807, 2.05) is 31.2 Å². The molecule has 2 aromatic heterocycles. The van der Waals surface area contributed by atoms with E-state index >= 15 is 0 Å². The zero-order valence-electron chi connectivity index (χ0n) is 12.2. The standard InChI is InChI=1S/C16H17N5/c1-3-6-19-15-9-11(2)20-16(21-15)12-4-5-13-14(10-12)18-8-7-17-13/h4-5,7-10H,3,6H2,1-2H3,(H,19,20,21). The van der Waals surface area contributed by atoms with Gasteiger partial charge in [-0.2, -0.15) is 0 Å². The summed E-state index contributed by atoms with van der Waals surface area (Å²) in [6.07, 6.45) is 4.44.